The van der Waals surface area contributed by atoms with Gasteiger partial charge in [-0.2, -0.15) is 0 Å². The van der Waals surface area contributed by atoms with Crippen LogP contribution < -0.4 is 0 Å². The van der Waals surface area contributed by atoms with Crippen LogP contribution in [0, 0.1) is 0 Å². The number of rotatable bonds is 6. The van der Waals surface area contributed by atoms with Crippen molar-refractivity contribution in [2.75, 3.05) is 26.2 Å². The highest BCUT2D eigenvalue weighted by Gasteiger charge is 2.20. The summed E-state index contributed by atoms with van der Waals surface area (Å²) >= 11 is 1.58. The largest absolute Gasteiger partial charge is 0.341 e. The van der Waals surface area contributed by atoms with Gasteiger partial charge in [0.25, 0.3) is 0 Å². The highest BCUT2D eigenvalue weighted by atomic mass is 32.1. The average molecular weight is 347 g/mol. The van der Waals surface area contributed by atoms with Crippen LogP contribution in [0.3, 0.4) is 0 Å². The number of hydrogen-bond donors (Lipinski definition) is 0. The van der Waals surface area contributed by atoms with Crippen LogP contribution in [0.25, 0.3) is 0 Å². The second-order valence-electron chi connectivity index (χ2n) is 6.12. The molecule has 0 N–H and O–H groups in total. The number of hydrogen-bond acceptors (Lipinski definition) is 5. The van der Waals surface area contributed by atoms with Crippen molar-refractivity contribution in [1.82, 2.24) is 24.3 Å². The highest BCUT2D eigenvalue weighted by molar-refractivity contribution is 7.07. The van der Waals surface area contributed by atoms with E-state index < -0.39 is 0 Å². The van der Waals surface area contributed by atoms with Gasteiger partial charge in [0.15, 0.2) is 0 Å². The van der Waals surface area contributed by atoms with E-state index in [1.807, 2.05) is 28.2 Å². The quantitative estimate of drug-likeness (QED) is 0.802. The van der Waals surface area contributed by atoms with Crippen molar-refractivity contribution < 1.29 is 4.79 Å². The number of amides is 1. The molecule has 0 unspecified atom stereocenters. The molecule has 0 bridgehead atoms. The first-order valence-electron chi connectivity index (χ1n) is 8.63. The Labute approximate surface area is 147 Å². The summed E-state index contributed by atoms with van der Waals surface area (Å²) in [6, 6.07) is 0. The summed E-state index contributed by atoms with van der Waals surface area (Å²) in [7, 11) is 0. The lowest BCUT2D eigenvalue weighted by molar-refractivity contribution is -0.131. The molecule has 1 aliphatic rings. The molecule has 130 valence electrons. The fraction of sp³-hybridized carbons (Fsp3) is 0.588. The van der Waals surface area contributed by atoms with Crippen LogP contribution in [-0.4, -0.2) is 56.4 Å². The minimum Gasteiger partial charge on any atom is -0.341 e. The molecular weight excluding hydrogens is 322 g/mol. The van der Waals surface area contributed by atoms with Crippen LogP contribution in [0.15, 0.2) is 23.3 Å². The Morgan fingerprint density at radius 1 is 1.25 bits per heavy atom. The minimum absolute atomic E-state index is 0.250. The molecule has 0 radical (unpaired) electrons. The molecule has 1 amide bonds. The fourth-order valence-corrected chi connectivity index (χ4v) is 3.71. The topological polar surface area (TPSA) is 54.3 Å². The van der Waals surface area contributed by atoms with E-state index in [2.05, 4.69) is 26.4 Å². The summed E-state index contributed by atoms with van der Waals surface area (Å²) in [5, 5.41) is 2.02. The lowest BCUT2D eigenvalue weighted by atomic mass is 10.2. The van der Waals surface area contributed by atoms with E-state index in [9.17, 15) is 4.79 Å². The third-order valence-electron chi connectivity index (χ3n) is 4.53. The zero-order valence-corrected chi connectivity index (χ0v) is 15.0. The van der Waals surface area contributed by atoms with Crippen LogP contribution >= 0.6 is 11.3 Å². The zero-order chi connectivity index (χ0) is 16.8. The molecule has 1 fully saturated rings. The van der Waals surface area contributed by atoms with E-state index >= 15 is 0 Å². The Hall–Kier alpha value is -1.73. The third-order valence-corrected chi connectivity index (χ3v) is 5.16. The van der Waals surface area contributed by atoms with E-state index in [4.69, 9.17) is 0 Å². The fourth-order valence-electron chi connectivity index (χ4n) is 3.11. The van der Waals surface area contributed by atoms with E-state index in [1.54, 1.807) is 11.3 Å². The molecule has 7 heteroatoms. The number of carbonyl (C=O) groups is 1. The summed E-state index contributed by atoms with van der Waals surface area (Å²) in [4.78, 5) is 25.6. The number of aryl methyl sites for hydroxylation is 2. The maximum absolute atomic E-state index is 12.4. The maximum atomic E-state index is 12.4. The Balaban J connectivity index is 1.48. The smallest absolute Gasteiger partial charge is 0.223 e. The van der Waals surface area contributed by atoms with Crippen molar-refractivity contribution in [3.05, 3.63) is 34.8 Å². The molecule has 0 saturated carbocycles. The van der Waals surface area contributed by atoms with Gasteiger partial charge < -0.3 is 9.47 Å². The van der Waals surface area contributed by atoms with Crippen molar-refractivity contribution in [2.24, 2.45) is 0 Å². The molecule has 1 aliphatic heterocycles. The Kier molecular flexibility index (Phi) is 5.98. The van der Waals surface area contributed by atoms with Crippen LogP contribution in [0.5, 0.6) is 0 Å². The molecule has 0 aliphatic carbocycles. The molecule has 3 rings (SSSR count). The third kappa shape index (κ3) is 4.42. The number of nitrogens with zero attached hydrogens (tertiary/aromatic N) is 5. The van der Waals surface area contributed by atoms with E-state index in [0.717, 1.165) is 63.6 Å². The summed E-state index contributed by atoms with van der Waals surface area (Å²) in [5.74, 6) is 1.36. The lowest BCUT2D eigenvalue weighted by Crippen LogP contribution is -2.35. The summed E-state index contributed by atoms with van der Waals surface area (Å²) in [6.45, 7) is 7.55. The Morgan fingerprint density at radius 2 is 2.17 bits per heavy atom. The molecule has 3 heterocycles. The van der Waals surface area contributed by atoms with Crippen LogP contribution in [0.2, 0.25) is 0 Å². The van der Waals surface area contributed by atoms with Crippen molar-refractivity contribution in [3.63, 3.8) is 0 Å². The van der Waals surface area contributed by atoms with Crippen LogP contribution in [-0.2, 0) is 24.3 Å². The van der Waals surface area contributed by atoms with Gasteiger partial charge >= 0.3 is 0 Å². The normalized spacial score (nSPS) is 16.3. The second kappa shape index (κ2) is 8.39. The minimum atomic E-state index is 0.250. The molecular formula is C17H25N5OS. The summed E-state index contributed by atoms with van der Waals surface area (Å²) < 4.78 is 2.18. The number of thiazole rings is 1. The lowest BCUT2D eigenvalue weighted by Gasteiger charge is -2.22. The predicted octanol–water partition coefficient (Wildman–Crippen LogP) is 2.03. The van der Waals surface area contributed by atoms with Gasteiger partial charge in [-0.05, 0) is 19.8 Å². The Morgan fingerprint density at radius 3 is 2.96 bits per heavy atom. The van der Waals surface area contributed by atoms with E-state index in [0.29, 0.717) is 6.42 Å². The molecule has 2 aromatic rings. The monoisotopic (exact) mass is 347 g/mol. The number of imidazole rings is 1. The zero-order valence-electron chi connectivity index (χ0n) is 14.2. The molecule has 0 spiro atoms. The predicted molar refractivity (Wildman–Crippen MR) is 94.8 cm³/mol. The number of aromatic nitrogens is 3. The van der Waals surface area contributed by atoms with Gasteiger partial charge in [-0.3, -0.25) is 9.69 Å². The van der Waals surface area contributed by atoms with Gasteiger partial charge in [0.05, 0.1) is 17.7 Å². The Bertz CT molecular complexity index is 639. The van der Waals surface area contributed by atoms with Gasteiger partial charge in [0, 0.05) is 56.9 Å². The average Bonchev–Trinajstić information content (AvgIpc) is 3.21. The van der Waals surface area contributed by atoms with E-state index in [-0.39, 0.29) is 5.91 Å². The van der Waals surface area contributed by atoms with Gasteiger partial charge in [-0.15, -0.1) is 11.3 Å². The van der Waals surface area contributed by atoms with Crippen LogP contribution in [0.1, 0.15) is 31.3 Å². The van der Waals surface area contributed by atoms with Gasteiger partial charge in [0.2, 0.25) is 5.91 Å². The standard InChI is InChI=1S/C17H25N5OS/c1-2-21-9-6-18-16(21)12-20-7-3-8-22(11-10-20)17(23)5-4-15-13-24-14-19-15/h6,9,13-14H,2-5,7-8,10-12H2,1H3. The molecule has 0 aromatic carbocycles. The molecule has 2 aromatic heterocycles. The number of carbonyl (C=O) groups excluding carboxylic acids is 1. The molecule has 1 saturated heterocycles. The van der Waals surface area contributed by atoms with E-state index in [1.165, 1.54) is 0 Å². The summed E-state index contributed by atoms with van der Waals surface area (Å²) in [5.41, 5.74) is 2.85. The molecule has 24 heavy (non-hydrogen) atoms. The second-order valence-corrected chi connectivity index (χ2v) is 6.84. The maximum Gasteiger partial charge on any atom is 0.223 e. The van der Waals surface area contributed by atoms with Gasteiger partial charge in [-0.1, -0.05) is 0 Å². The molecule has 6 nitrogen and oxygen atoms in total. The highest BCUT2D eigenvalue weighted by Crippen LogP contribution is 2.11. The SMILES string of the molecule is CCn1ccnc1CN1CCCN(C(=O)CCc2cscn2)CC1. The first-order valence-corrected chi connectivity index (χ1v) is 9.57. The van der Waals surface area contributed by atoms with Gasteiger partial charge in [0.1, 0.15) is 5.82 Å². The first kappa shape index (κ1) is 17.1. The summed E-state index contributed by atoms with van der Waals surface area (Å²) in [6.07, 6.45) is 6.22. The molecule has 0 atom stereocenters. The van der Waals surface area contributed by atoms with Crippen molar-refractivity contribution in [2.45, 2.75) is 39.3 Å². The van der Waals surface area contributed by atoms with Crippen molar-refractivity contribution in [1.29, 1.82) is 0 Å². The van der Waals surface area contributed by atoms with Crippen molar-refractivity contribution >= 4 is 17.2 Å². The first-order chi connectivity index (χ1) is 11.8. The van der Waals surface area contributed by atoms with Crippen molar-refractivity contribution in [3.8, 4) is 0 Å². The van der Waals surface area contributed by atoms with Crippen LogP contribution in [0.4, 0.5) is 0 Å². The van der Waals surface area contributed by atoms with Gasteiger partial charge in [-0.25, -0.2) is 9.97 Å².